The van der Waals surface area contributed by atoms with Gasteiger partial charge < -0.3 is 29.4 Å². The number of aliphatic hydroxyl groups is 1. The number of rotatable bonds is 9. The molecule has 2 heterocycles. The van der Waals surface area contributed by atoms with E-state index in [0.717, 1.165) is 0 Å². The standard InChI is InChI=1S/C10H14ClF2N2O14P3/c11-10(3-12)6(16)5(27-8(10)15-1-4(13)7(17)14-9(15)18)2-26-31(22,23)29-32(24,25)28-30(19,20)21/h1,5-6,8,16H,2-3H2,(H,22,23)(H,24,25)(H,14,17,18)(H2,19,20,21)/t5-,6+,8-,10?/m1/s1/i2D2. The molecule has 0 aliphatic carbocycles. The van der Waals surface area contributed by atoms with Crippen LogP contribution in [0.5, 0.6) is 0 Å². The number of hydrogen-bond acceptors (Lipinski definition) is 10. The van der Waals surface area contributed by atoms with Crippen LogP contribution in [-0.4, -0.2) is 64.5 Å². The Hall–Kier alpha value is -0.840. The molecule has 1 aromatic heterocycles. The second kappa shape index (κ2) is 9.43. The highest BCUT2D eigenvalue weighted by Crippen LogP contribution is 2.66. The topological polar surface area (TPSA) is 244 Å². The second-order valence-corrected chi connectivity index (χ2v) is 10.9. The van der Waals surface area contributed by atoms with Gasteiger partial charge in [0.2, 0.25) is 5.82 Å². The third-order valence-electron chi connectivity index (χ3n) is 3.55. The molecule has 0 radical (unpaired) electrons. The van der Waals surface area contributed by atoms with Crippen LogP contribution in [0, 0.1) is 5.82 Å². The van der Waals surface area contributed by atoms with Gasteiger partial charge in [0, 0.05) is 0 Å². The molecule has 32 heavy (non-hydrogen) atoms. The number of H-pyrrole nitrogens is 1. The molecule has 6 N–H and O–H groups in total. The zero-order chi connectivity index (χ0) is 26.5. The fourth-order valence-corrected chi connectivity index (χ4v) is 5.46. The number of ether oxygens (including phenoxy) is 1. The van der Waals surface area contributed by atoms with Gasteiger partial charge in [-0.25, -0.2) is 22.9 Å². The number of halogens is 3. The van der Waals surface area contributed by atoms with Gasteiger partial charge in [0.1, 0.15) is 23.8 Å². The molecule has 1 fully saturated rings. The van der Waals surface area contributed by atoms with Gasteiger partial charge in [-0.1, -0.05) is 0 Å². The van der Waals surface area contributed by atoms with E-state index in [-0.39, 0.29) is 10.8 Å². The summed E-state index contributed by atoms with van der Waals surface area (Å²) in [4.78, 5) is 57.5. The number of aliphatic hydroxyl groups excluding tert-OH is 1. The molecule has 2 rings (SSSR count). The SMILES string of the molecule is [2H]C([2H])(OP(=O)(O)OP(=O)(O)OP(=O)(O)O)[C@H]1O[C@@H](n2cc(F)c(=O)[nH]c2=O)C(Cl)(CF)[C@H]1O. The average molecular weight is 555 g/mol. The lowest BCUT2D eigenvalue weighted by Gasteiger charge is -2.27. The first-order valence-electron chi connectivity index (χ1n) is 8.58. The number of hydrogen-bond donors (Lipinski definition) is 6. The number of aromatic amines is 1. The van der Waals surface area contributed by atoms with Gasteiger partial charge in [0.25, 0.3) is 5.56 Å². The highest BCUT2D eigenvalue weighted by atomic mass is 35.5. The predicted molar refractivity (Wildman–Crippen MR) is 95.6 cm³/mol. The molecule has 184 valence electrons. The monoisotopic (exact) mass is 554 g/mol. The Labute approximate surface area is 182 Å². The maximum Gasteiger partial charge on any atom is 0.490 e. The summed E-state index contributed by atoms with van der Waals surface area (Å²) >= 11 is 5.92. The van der Waals surface area contributed by atoms with Crippen molar-refractivity contribution >= 4 is 35.1 Å². The number of phosphoric ester groups is 1. The summed E-state index contributed by atoms with van der Waals surface area (Å²) in [7, 11) is -17.9. The van der Waals surface area contributed by atoms with Crippen molar-refractivity contribution in [3.63, 3.8) is 0 Å². The Kier molecular flexibility index (Phi) is 7.15. The lowest BCUT2D eigenvalue weighted by atomic mass is 10.00. The number of aromatic nitrogens is 2. The second-order valence-electron chi connectivity index (χ2n) is 5.86. The molecule has 1 saturated heterocycles. The van der Waals surface area contributed by atoms with Gasteiger partial charge in [-0.05, 0) is 0 Å². The molecule has 1 aliphatic heterocycles. The van der Waals surface area contributed by atoms with E-state index in [4.69, 9.17) is 33.8 Å². The number of phosphoric acid groups is 3. The first-order chi connectivity index (χ1) is 15.1. The Morgan fingerprint density at radius 1 is 1.25 bits per heavy atom. The maximum atomic E-state index is 13.8. The lowest BCUT2D eigenvalue weighted by molar-refractivity contribution is -0.0470. The normalized spacial score (nSPS) is 31.4. The van der Waals surface area contributed by atoms with Crippen molar-refractivity contribution in [3.8, 4) is 0 Å². The average Bonchev–Trinajstić information content (AvgIpc) is 2.87. The van der Waals surface area contributed by atoms with E-state index in [2.05, 4.69) is 13.1 Å². The molecule has 1 aliphatic rings. The van der Waals surface area contributed by atoms with E-state index in [1.165, 1.54) is 4.98 Å². The van der Waals surface area contributed by atoms with E-state index in [9.17, 15) is 42.1 Å². The molecule has 0 amide bonds. The van der Waals surface area contributed by atoms with Crippen LogP contribution in [0.25, 0.3) is 0 Å². The first kappa shape index (κ1) is 24.3. The van der Waals surface area contributed by atoms with Crippen molar-refractivity contribution in [1.82, 2.24) is 9.55 Å². The minimum Gasteiger partial charge on any atom is -0.388 e. The van der Waals surface area contributed by atoms with Crippen molar-refractivity contribution < 1.29 is 67.8 Å². The van der Waals surface area contributed by atoms with Gasteiger partial charge in [-0.15, -0.1) is 11.6 Å². The molecular formula is C10H14ClF2N2O14P3. The summed E-state index contributed by atoms with van der Waals surface area (Å²) in [5.74, 6) is -1.60. The number of nitrogens with zero attached hydrogens (tertiary/aromatic N) is 1. The molecule has 1 aromatic rings. The Bertz CT molecular complexity index is 1210. The molecular weight excluding hydrogens is 538 g/mol. The van der Waals surface area contributed by atoms with E-state index in [1.807, 2.05) is 0 Å². The van der Waals surface area contributed by atoms with Crippen LogP contribution < -0.4 is 11.2 Å². The van der Waals surface area contributed by atoms with Crippen LogP contribution in [0.2, 0.25) is 0 Å². The Balaban J connectivity index is 2.39. The largest absolute Gasteiger partial charge is 0.490 e. The molecule has 6 atom stereocenters. The summed E-state index contributed by atoms with van der Waals surface area (Å²) in [5, 5.41) is 10.3. The molecule has 0 bridgehead atoms. The van der Waals surface area contributed by atoms with Crippen LogP contribution in [0.15, 0.2) is 15.8 Å². The summed E-state index contributed by atoms with van der Waals surface area (Å²) in [6.45, 7) is -5.59. The molecule has 3 unspecified atom stereocenters. The van der Waals surface area contributed by atoms with Crippen molar-refractivity contribution in [1.29, 1.82) is 0 Å². The van der Waals surface area contributed by atoms with Crippen molar-refractivity contribution in [2.24, 2.45) is 0 Å². The van der Waals surface area contributed by atoms with Gasteiger partial charge in [-0.2, -0.15) is 13.0 Å². The third-order valence-corrected chi connectivity index (χ3v) is 7.72. The first-order valence-corrected chi connectivity index (χ1v) is 12.5. The summed E-state index contributed by atoms with van der Waals surface area (Å²) in [6, 6.07) is 0. The van der Waals surface area contributed by atoms with Crippen LogP contribution >= 0.6 is 35.1 Å². The number of nitrogens with one attached hydrogen (secondary N) is 1. The Morgan fingerprint density at radius 2 is 1.84 bits per heavy atom. The predicted octanol–water partition coefficient (Wildman–Crippen LogP) is -0.776. The van der Waals surface area contributed by atoms with E-state index in [1.54, 1.807) is 0 Å². The lowest BCUT2D eigenvalue weighted by Crippen LogP contribution is -2.47. The van der Waals surface area contributed by atoms with E-state index < -0.39 is 77.1 Å². The highest BCUT2D eigenvalue weighted by Gasteiger charge is 2.57. The van der Waals surface area contributed by atoms with Gasteiger partial charge in [0.05, 0.1) is 15.5 Å². The fraction of sp³-hybridized carbons (Fsp3) is 0.600. The molecule has 0 saturated carbocycles. The summed E-state index contributed by atoms with van der Waals surface area (Å²) in [6.07, 6.45) is -7.23. The van der Waals surface area contributed by atoms with Crippen LogP contribution in [0.3, 0.4) is 0 Å². The molecule has 0 spiro atoms. The maximum absolute atomic E-state index is 13.8. The quantitative estimate of drug-likeness (QED) is 0.162. The minimum atomic E-state index is -6.13. The van der Waals surface area contributed by atoms with E-state index in [0.29, 0.717) is 0 Å². The number of alkyl halides is 2. The van der Waals surface area contributed by atoms with Crippen molar-refractivity contribution in [3.05, 3.63) is 32.9 Å². The molecule has 0 aromatic carbocycles. The smallest absolute Gasteiger partial charge is 0.388 e. The highest BCUT2D eigenvalue weighted by molar-refractivity contribution is 7.66. The minimum absolute atomic E-state index is 0.132. The van der Waals surface area contributed by atoms with Crippen LogP contribution in [0.1, 0.15) is 8.97 Å². The van der Waals surface area contributed by atoms with Crippen LogP contribution in [0.4, 0.5) is 8.78 Å². The molecule has 22 heteroatoms. The van der Waals surface area contributed by atoms with Crippen molar-refractivity contribution in [2.75, 3.05) is 13.2 Å². The molecule has 16 nitrogen and oxygen atoms in total. The zero-order valence-electron chi connectivity index (χ0n) is 16.8. The zero-order valence-corrected chi connectivity index (χ0v) is 18.3. The van der Waals surface area contributed by atoms with Gasteiger partial charge in [-0.3, -0.25) is 18.9 Å². The fourth-order valence-electron chi connectivity index (χ4n) is 2.31. The Morgan fingerprint density at radius 3 is 2.38 bits per heavy atom. The van der Waals surface area contributed by atoms with Crippen molar-refractivity contribution in [2.45, 2.75) is 23.3 Å². The third kappa shape index (κ3) is 6.39. The van der Waals surface area contributed by atoms with E-state index >= 15 is 0 Å². The van der Waals surface area contributed by atoms with Gasteiger partial charge in [0.15, 0.2) is 6.23 Å². The summed E-state index contributed by atoms with van der Waals surface area (Å²) < 4.78 is 92.6. The summed E-state index contributed by atoms with van der Waals surface area (Å²) in [5.41, 5.74) is -2.95. The van der Waals surface area contributed by atoms with Crippen LogP contribution in [-0.2, 0) is 31.6 Å². The van der Waals surface area contributed by atoms with Gasteiger partial charge >= 0.3 is 29.2 Å².